The van der Waals surface area contributed by atoms with Gasteiger partial charge in [0.05, 0.1) is 17.7 Å². The van der Waals surface area contributed by atoms with Crippen LogP contribution in [0, 0.1) is 6.92 Å². The lowest BCUT2D eigenvalue weighted by molar-refractivity contribution is -0.137. The zero-order valence-electron chi connectivity index (χ0n) is 13.2. The van der Waals surface area contributed by atoms with Gasteiger partial charge in [-0.05, 0) is 37.5 Å². The van der Waals surface area contributed by atoms with Gasteiger partial charge in [-0.25, -0.2) is 0 Å². The minimum atomic E-state index is -4.40. The molecule has 1 N–H and O–H groups in total. The largest absolute Gasteiger partial charge is 0.416 e. The number of hydrogen-bond acceptors (Lipinski definition) is 5. The molecule has 1 aromatic carbocycles. The van der Waals surface area contributed by atoms with Crippen LogP contribution in [0.1, 0.15) is 34.0 Å². The van der Waals surface area contributed by atoms with Crippen LogP contribution in [0.25, 0.3) is 0 Å². The minimum absolute atomic E-state index is 0.337. The van der Waals surface area contributed by atoms with Crippen LogP contribution in [-0.2, 0) is 18.3 Å². The molecule has 2 aromatic rings. The van der Waals surface area contributed by atoms with E-state index < -0.39 is 17.3 Å². The van der Waals surface area contributed by atoms with E-state index in [-0.39, 0.29) is 0 Å². The van der Waals surface area contributed by atoms with Crippen LogP contribution in [0.4, 0.5) is 13.2 Å². The van der Waals surface area contributed by atoms with Gasteiger partial charge in [0.15, 0.2) is 0 Å². The third-order valence-electron chi connectivity index (χ3n) is 4.34. The summed E-state index contributed by atoms with van der Waals surface area (Å²) in [5.41, 5.74) is -1.60. The molecule has 0 bridgehead atoms. The maximum absolute atomic E-state index is 12.9. The second-order valence-electron chi connectivity index (χ2n) is 6.10. The Bertz CT molecular complexity index is 709. The van der Waals surface area contributed by atoms with E-state index in [4.69, 9.17) is 0 Å². The van der Waals surface area contributed by atoms with Gasteiger partial charge in [-0.2, -0.15) is 13.2 Å². The molecule has 0 aliphatic carbocycles. The first kappa shape index (κ1) is 17.3. The monoisotopic (exact) mass is 357 g/mol. The molecule has 0 spiro atoms. The molecule has 1 fully saturated rings. The Kier molecular flexibility index (Phi) is 4.63. The van der Waals surface area contributed by atoms with E-state index in [0.717, 1.165) is 22.1 Å². The van der Waals surface area contributed by atoms with Gasteiger partial charge in [0, 0.05) is 13.1 Å². The lowest BCUT2D eigenvalue weighted by Crippen LogP contribution is -2.42. The number of piperidine rings is 1. The Morgan fingerprint density at radius 3 is 2.54 bits per heavy atom. The number of hydrogen-bond donors (Lipinski definition) is 1. The number of aryl methyl sites for hydroxylation is 1. The first-order valence-electron chi connectivity index (χ1n) is 7.68. The average molecular weight is 357 g/mol. The Labute approximate surface area is 142 Å². The highest BCUT2D eigenvalue weighted by Crippen LogP contribution is 2.37. The second kappa shape index (κ2) is 6.42. The number of aromatic nitrogens is 2. The van der Waals surface area contributed by atoms with Crippen molar-refractivity contribution in [3.8, 4) is 0 Å². The molecule has 1 aromatic heterocycles. The Hall–Kier alpha value is -1.51. The van der Waals surface area contributed by atoms with Crippen molar-refractivity contribution in [3.63, 3.8) is 0 Å². The molecule has 130 valence electrons. The van der Waals surface area contributed by atoms with Crippen LogP contribution < -0.4 is 0 Å². The average Bonchev–Trinajstić information content (AvgIpc) is 2.94. The number of rotatable bonds is 3. The minimum Gasteiger partial charge on any atom is -0.385 e. The number of nitrogens with zero attached hydrogens (tertiary/aromatic N) is 3. The lowest BCUT2D eigenvalue weighted by Gasteiger charge is -2.38. The SMILES string of the molecule is Cc1nnc(CN2CCC(O)(c3cccc(C(F)(F)F)c3)CC2)s1. The lowest BCUT2D eigenvalue weighted by atomic mass is 9.84. The molecule has 1 aliphatic rings. The Morgan fingerprint density at radius 2 is 1.96 bits per heavy atom. The summed E-state index contributed by atoms with van der Waals surface area (Å²) < 4.78 is 38.6. The highest BCUT2D eigenvalue weighted by Gasteiger charge is 2.37. The summed E-state index contributed by atoms with van der Waals surface area (Å²) in [5.74, 6) is 0. The van der Waals surface area contributed by atoms with Gasteiger partial charge in [-0.3, -0.25) is 4.90 Å². The maximum atomic E-state index is 12.9. The smallest absolute Gasteiger partial charge is 0.385 e. The van der Waals surface area contributed by atoms with Crippen molar-refractivity contribution in [2.24, 2.45) is 0 Å². The summed E-state index contributed by atoms with van der Waals surface area (Å²) >= 11 is 1.53. The molecule has 4 nitrogen and oxygen atoms in total. The fourth-order valence-corrected chi connectivity index (χ4v) is 3.70. The number of likely N-dealkylation sites (tertiary alicyclic amines) is 1. The fourth-order valence-electron chi connectivity index (χ4n) is 2.95. The standard InChI is InChI=1S/C16H18F3N3OS/c1-11-20-21-14(24-11)10-22-7-5-15(23,6-8-22)12-3-2-4-13(9-12)16(17,18)19/h2-4,9,23H,5-8,10H2,1H3. The van der Waals surface area contributed by atoms with Crippen LogP contribution in [-0.4, -0.2) is 33.3 Å². The van der Waals surface area contributed by atoms with E-state index in [2.05, 4.69) is 15.1 Å². The predicted octanol–water partition coefficient (Wildman–Crippen LogP) is 3.35. The van der Waals surface area contributed by atoms with Crippen molar-refractivity contribution in [3.05, 3.63) is 45.4 Å². The topological polar surface area (TPSA) is 49.2 Å². The van der Waals surface area contributed by atoms with Crippen molar-refractivity contribution in [1.82, 2.24) is 15.1 Å². The number of benzene rings is 1. The number of halogens is 3. The summed E-state index contributed by atoms with van der Waals surface area (Å²) in [6, 6.07) is 5.01. The Morgan fingerprint density at radius 1 is 1.25 bits per heavy atom. The van der Waals surface area contributed by atoms with Crippen molar-refractivity contribution in [2.75, 3.05) is 13.1 Å². The molecule has 3 rings (SSSR count). The van der Waals surface area contributed by atoms with Gasteiger partial charge in [-0.1, -0.05) is 12.1 Å². The van der Waals surface area contributed by atoms with Gasteiger partial charge in [-0.15, -0.1) is 21.5 Å². The molecule has 8 heteroatoms. The molecule has 0 amide bonds. The van der Waals surface area contributed by atoms with Crippen molar-refractivity contribution < 1.29 is 18.3 Å². The molecule has 0 unspecified atom stereocenters. The van der Waals surface area contributed by atoms with Gasteiger partial charge < -0.3 is 5.11 Å². The molecular weight excluding hydrogens is 339 g/mol. The summed E-state index contributed by atoms with van der Waals surface area (Å²) in [6.07, 6.45) is -3.61. The van der Waals surface area contributed by atoms with E-state index in [1.54, 1.807) is 6.07 Å². The van der Waals surface area contributed by atoms with E-state index >= 15 is 0 Å². The van der Waals surface area contributed by atoms with Crippen molar-refractivity contribution >= 4 is 11.3 Å². The van der Waals surface area contributed by atoms with Crippen LogP contribution in [0.3, 0.4) is 0 Å². The first-order valence-corrected chi connectivity index (χ1v) is 8.49. The molecule has 1 aliphatic heterocycles. The van der Waals surface area contributed by atoms with Crippen LogP contribution in [0.2, 0.25) is 0 Å². The zero-order valence-corrected chi connectivity index (χ0v) is 14.0. The predicted molar refractivity (Wildman–Crippen MR) is 84.5 cm³/mol. The van der Waals surface area contributed by atoms with Crippen LogP contribution in [0.15, 0.2) is 24.3 Å². The molecule has 1 saturated heterocycles. The molecule has 0 saturated carbocycles. The normalized spacial score (nSPS) is 18.7. The number of aliphatic hydroxyl groups is 1. The molecule has 0 radical (unpaired) electrons. The molecule has 2 heterocycles. The third-order valence-corrected chi connectivity index (χ3v) is 5.16. The quantitative estimate of drug-likeness (QED) is 0.915. The fraction of sp³-hybridized carbons (Fsp3) is 0.500. The summed E-state index contributed by atoms with van der Waals surface area (Å²) in [6.45, 7) is 3.75. The highest BCUT2D eigenvalue weighted by molar-refractivity contribution is 7.11. The molecular formula is C16H18F3N3OS. The van der Waals surface area contributed by atoms with Crippen LogP contribution >= 0.6 is 11.3 Å². The second-order valence-corrected chi connectivity index (χ2v) is 7.37. The Balaban J connectivity index is 1.68. The van der Waals surface area contributed by atoms with E-state index in [1.807, 2.05) is 6.92 Å². The van der Waals surface area contributed by atoms with E-state index in [9.17, 15) is 18.3 Å². The zero-order chi connectivity index (χ0) is 17.4. The summed E-state index contributed by atoms with van der Waals surface area (Å²) in [7, 11) is 0. The number of alkyl halides is 3. The summed E-state index contributed by atoms with van der Waals surface area (Å²) in [5, 5.41) is 20.7. The van der Waals surface area contributed by atoms with E-state index in [0.29, 0.717) is 38.0 Å². The van der Waals surface area contributed by atoms with Crippen molar-refractivity contribution in [2.45, 2.75) is 38.1 Å². The van der Waals surface area contributed by atoms with Gasteiger partial charge in [0.25, 0.3) is 0 Å². The van der Waals surface area contributed by atoms with Gasteiger partial charge >= 0.3 is 6.18 Å². The van der Waals surface area contributed by atoms with Crippen molar-refractivity contribution in [1.29, 1.82) is 0 Å². The van der Waals surface area contributed by atoms with Gasteiger partial charge in [0.1, 0.15) is 10.0 Å². The summed E-state index contributed by atoms with van der Waals surface area (Å²) in [4.78, 5) is 2.14. The molecule has 0 atom stereocenters. The third kappa shape index (κ3) is 3.76. The maximum Gasteiger partial charge on any atom is 0.416 e. The van der Waals surface area contributed by atoms with Crippen LogP contribution in [0.5, 0.6) is 0 Å². The highest BCUT2D eigenvalue weighted by atomic mass is 32.1. The first-order chi connectivity index (χ1) is 11.3. The molecule has 24 heavy (non-hydrogen) atoms. The van der Waals surface area contributed by atoms with Gasteiger partial charge in [0.2, 0.25) is 0 Å². The van der Waals surface area contributed by atoms with E-state index in [1.165, 1.54) is 17.4 Å².